The molecule has 2 aromatic rings. The van der Waals surface area contributed by atoms with E-state index in [1.54, 1.807) is 25.3 Å². The van der Waals surface area contributed by atoms with Gasteiger partial charge in [0, 0.05) is 36.8 Å². The first kappa shape index (κ1) is 24.0. The summed E-state index contributed by atoms with van der Waals surface area (Å²) in [5.74, 6) is -1.88. The van der Waals surface area contributed by atoms with E-state index in [0.717, 1.165) is 18.9 Å². The first-order valence-electron chi connectivity index (χ1n) is 11.5. The van der Waals surface area contributed by atoms with Crippen molar-refractivity contribution >= 4 is 28.9 Å². The number of carboxylic acid groups (broad SMARTS) is 1. The number of hydrogen-bond acceptors (Lipinski definition) is 6. The zero-order valence-electron chi connectivity index (χ0n) is 20.1. The van der Waals surface area contributed by atoms with Crippen molar-refractivity contribution in [2.45, 2.75) is 71.1 Å². The van der Waals surface area contributed by atoms with Crippen LogP contribution in [0.4, 0.5) is 15.0 Å². The third kappa shape index (κ3) is 4.71. The quantitative estimate of drug-likeness (QED) is 0.679. The molecule has 1 amide bonds. The van der Waals surface area contributed by atoms with Crippen LogP contribution >= 0.6 is 0 Å². The van der Waals surface area contributed by atoms with Crippen LogP contribution in [0.25, 0.3) is 11.0 Å². The van der Waals surface area contributed by atoms with Gasteiger partial charge in [-0.05, 0) is 59.9 Å². The van der Waals surface area contributed by atoms with E-state index in [1.165, 1.54) is 6.20 Å². The van der Waals surface area contributed by atoms with Crippen molar-refractivity contribution in [3.8, 4) is 0 Å². The van der Waals surface area contributed by atoms with Crippen LogP contribution in [0.15, 0.2) is 17.1 Å². The summed E-state index contributed by atoms with van der Waals surface area (Å²) in [6.45, 7) is 10.2. The third-order valence-electron chi connectivity index (χ3n) is 6.44. The maximum Gasteiger partial charge on any atom is 0.408 e. The minimum atomic E-state index is -1.34. The van der Waals surface area contributed by atoms with Crippen molar-refractivity contribution in [2.75, 3.05) is 18.0 Å². The summed E-state index contributed by atoms with van der Waals surface area (Å²) >= 11 is 0. The Balaban J connectivity index is 1.62. The predicted octanol–water partition coefficient (Wildman–Crippen LogP) is 3.70. The van der Waals surface area contributed by atoms with E-state index in [1.807, 2.05) is 18.7 Å². The number of nitrogens with zero attached hydrogens (tertiary/aromatic N) is 3. The fourth-order valence-electron chi connectivity index (χ4n) is 4.45. The summed E-state index contributed by atoms with van der Waals surface area (Å²) in [5, 5.41) is 12.3. The summed E-state index contributed by atoms with van der Waals surface area (Å²) in [4.78, 5) is 42.8. The number of fused-ring (bicyclic) bond motifs is 1. The van der Waals surface area contributed by atoms with Gasteiger partial charge in [0.05, 0.1) is 5.39 Å². The van der Waals surface area contributed by atoms with Crippen molar-refractivity contribution in [1.82, 2.24) is 14.9 Å². The highest BCUT2D eigenvalue weighted by Crippen LogP contribution is 2.38. The highest BCUT2D eigenvalue weighted by atomic mass is 19.1. The zero-order valence-corrected chi connectivity index (χ0v) is 20.1. The smallest absolute Gasteiger partial charge is 0.408 e. The first-order chi connectivity index (χ1) is 15.8. The average molecular weight is 475 g/mol. The Morgan fingerprint density at radius 2 is 1.88 bits per heavy atom. The number of pyridine rings is 2. The van der Waals surface area contributed by atoms with Crippen LogP contribution in [-0.4, -0.2) is 50.9 Å². The fourth-order valence-corrected chi connectivity index (χ4v) is 4.45. The number of carbonyl (C=O) groups excluding carboxylic acids is 1. The second-order valence-corrected chi connectivity index (χ2v) is 10.8. The molecule has 0 bridgehead atoms. The van der Waals surface area contributed by atoms with E-state index < -0.39 is 34.4 Å². The molecule has 1 atom stereocenters. The third-order valence-corrected chi connectivity index (χ3v) is 6.44. The van der Waals surface area contributed by atoms with E-state index in [2.05, 4.69) is 10.3 Å². The number of carboxylic acids is 1. The van der Waals surface area contributed by atoms with Gasteiger partial charge in [-0.25, -0.2) is 19.0 Å². The average Bonchev–Trinajstić information content (AvgIpc) is 3.41. The Bertz CT molecular complexity index is 1210. The highest BCUT2D eigenvalue weighted by molar-refractivity contribution is 5.92. The lowest BCUT2D eigenvalue weighted by Crippen LogP contribution is -2.51. The maximum atomic E-state index is 15.2. The molecule has 3 heterocycles. The number of aromatic carboxylic acids is 1. The van der Waals surface area contributed by atoms with E-state index in [0.29, 0.717) is 25.2 Å². The lowest BCUT2D eigenvalue weighted by Gasteiger charge is -2.33. The molecule has 2 aliphatic rings. The van der Waals surface area contributed by atoms with Gasteiger partial charge in [-0.15, -0.1) is 0 Å². The topological polar surface area (TPSA) is 114 Å². The number of hydrogen-bond donors (Lipinski definition) is 2. The molecule has 0 spiro atoms. The van der Waals surface area contributed by atoms with E-state index in [4.69, 9.17) is 4.74 Å². The molecule has 9 nitrogen and oxygen atoms in total. The van der Waals surface area contributed by atoms with Crippen molar-refractivity contribution < 1.29 is 23.8 Å². The molecule has 2 N–H and O–H groups in total. The highest BCUT2D eigenvalue weighted by Gasteiger charge is 2.39. The molecule has 1 unspecified atom stereocenters. The number of alkyl carbamates (subject to hydrolysis) is 1. The molecule has 34 heavy (non-hydrogen) atoms. The number of rotatable bonds is 5. The Hall–Kier alpha value is -3.17. The molecule has 0 aromatic carbocycles. The molecule has 2 aromatic heterocycles. The zero-order chi connectivity index (χ0) is 25.0. The molecular formula is C24H31FN4O5. The number of aromatic nitrogens is 2. The summed E-state index contributed by atoms with van der Waals surface area (Å²) in [7, 11) is 0. The number of nitrogens with one attached hydrogen (secondary N) is 1. The van der Waals surface area contributed by atoms with E-state index >= 15 is 4.39 Å². The van der Waals surface area contributed by atoms with Gasteiger partial charge in [-0.2, -0.15) is 0 Å². The molecule has 1 aliphatic carbocycles. The van der Waals surface area contributed by atoms with Crippen LogP contribution in [0.2, 0.25) is 0 Å². The lowest BCUT2D eigenvalue weighted by atomic mass is 9.87. The summed E-state index contributed by atoms with van der Waals surface area (Å²) < 4.78 is 22.2. The Labute approximate surface area is 196 Å². The first-order valence-corrected chi connectivity index (χ1v) is 11.5. The van der Waals surface area contributed by atoms with Gasteiger partial charge in [-0.3, -0.25) is 4.79 Å². The Morgan fingerprint density at radius 3 is 2.47 bits per heavy atom. The number of amides is 1. The van der Waals surface area contributed by atoms with Crippen molar-refractivity contribution in [1.29, 1.82) is 0 Å². The molecule has 4 rings (SSSR count). The summed E-state index contributed by atoms with van der Waals surface area (Å²) in [5.41, 5.74) is -2.04. The maximum absolute atomic E-state index is 15.2. The van der Waals surface area contributed by atoms with E-state index in [-0.39, 0.29) is 28.7 Å². The lowest BCUT2D eigenvalue weighted by molar-refractivity contribution is 0.0441. The molecule has 1 aliphatic heterocycles. The van der Waals surface area contributed by atoms with Crippen molar-refractivity contribution in [3.05, 3.63) is 33.9 Å². The normalized spacial score (nSPS) is 18.9. The molecule has 1 saturated heterocycles. The number of carbonyl (C=O) groups is 2. The monoisotopic (exact) mass is 474 g/mol. The van der Waals surface area contributed by atoms with Crippen LogP contribution in [0, 0.1) is 11.7 Å². The minimum Gasteiger partial charge on any atom is -0.477 e. The van der Waals surface area contributed by atoms with Gasteiger partial charge in [0.15, 0.2) is 11.6 Å². The van der Waals surface area contributed by atoms with Crippen LogP contribution < -0.4 is 15.6 Å². The van der Waals surface area contributed by atoms with Crippen molar-refractivity contribution in [2.24, 2.45) is 5.92 Å². The molecule has 184 valence electrons. The Kier molecular flexibility index (Phi) is 5.81. The molecule has 1 saturated carbocycles. The second kappa shape index (κ2) is 8.25. The fraction of sp³-hybridized carbons (Fsp3) is 0.583. The van der Waals surface area contributed by atoms with Crippen LogP contribution in [0.1, 0.15) is 70.3 Å². The van der Waals surface area contributed by atoms with Gasteiger partial charge in [0.2, 0.25) is 5.43 Å². The van der Waals surface area contributed by atoms with Crippen LogP contribution in [0.3, 0.4) is 0 Å². The minimum absolute atomic E-state index is 0.0110. The standard InChI is InChI=1S/C24H31FN4O5/c1-23(2,3)34-22(33)27-24(4,5)13-8-9-28(11-13)20-17(25)10-15-18(30)16(21(31)32)12-29(14-6-7-14)19(15)26-20/h10,12-14H,6-9,11H2,1-5H3,(H,27,33)(H,31,32). The van der Waals surface area contributed by atoms with Crippen molar-refractivity contribution in [3.63, 3.8) is 0 Å². The predicted molar refractivity (Wildman–Crippen MR) is 125 cm³/mol. The number of halogens is 1. The van der Waals surface area contributed by atoms with Crippen LogP contribution in [0.5, 0.6) is 0 Å². The van der Waals surface area contributed by atoms with E-state index in [9.17, 15) is 19.5 Å². The van der Waals surface area contributed by atoms with Gasteiger partial charge in [-0.1, -0.05) is 0 Å². The molecular weight excluding hydrogens is 443 g/mol. The molecule has 0 radical (unpaired) electrons. The largest absolute Gasteiger partial charge is 0.477 e. The van der Waals surface area contributed by atoms with Crippen LogP contribution in [-0.2, 0) is 4.74 Å². The molecule has 10 heteroatoms. The summed E-state index contributed by atoms with van der Waals surface area (Å²) in [6, 6.07) is 1.15. The Morgan fingerprint density at radius 1 is 1.21 bits per heavy atom. The number of anilines is 1. The molecule has 2 fully saturated rings. The van der Waals surface area contributed by atoms with Gasteiger partial charge in [0.1, 0.15) is 16.8 Å². The number of ether oxygens (including phenoxy) is 1. The van der Waals surface area contributed by atoms with Gasteiger partial charge in [0.25, 0.3) is 0 Å². The van der Waals surface area contributed by atoms with Gasteiger partial charge >= 0.3 is 12.1 Å². The SMILES string of the molecule is CC(C)(C)OC(=O)NC(C)(C)C1CCN(c2nc3c(cc2F)c(=O)c(C(=O)O)cn3C2CC2)C1. The second-order valence-electron chi connectivity index (χ2n) is 10.8. The van der Waals surface area contributed by atoms with Gasteiger partial charge < -0.3 is 24.6 Å². The summed E-state index contributed by atoms with van der Waals surface area (Å²) in [6.07, 6.45) is 3.22.